The lowest BCUT2D eigenvalue weighted by Gasteiger charge is -2.21. The van der Waals surface area contributed by atoms with E-state index in [9.17, 15) is 4.39 Å². The van der Waals surface area contributed by atoms with Crippen molar-refractivity contribution in [3.05, 3.63) is 29.0 Å². The molecule has 2 nitrogen and oxygen atoms in total. The molecule has 90 valence electrons. The fraction of sp³-hybridized carbons (Fsp3) is 0.462. The van der Waals surface area contributed by atoms with Crippen LogP contribution in [0.15, 0.2) is 18.2 Å². The summed E-state index contributed by atoms with van der Waals surface area (Å²) in [5.74, 6) is -0.198. The molecule has 2 N–H and O–H groups in total. The van der Waals surface area contributed by atoms with Gasteiger partial charge in [-0.1, -0.05) is 12.8 Å². The van der Waals surface area contributed by atoms with E-state index < -0.39 is 0 Å². The average Bonchev–Trinajstić information content (AvgIpc) is 2.84. The van der Waals surface area contributed by atoms with Crippen LogP contribution >= 0.6 is 11.3 Å². The third-order valence-corrected chi connectivity index (χ3v) is 4.52. The molecular weight excluding hydrogens is 235 g/mol. The highest BCUT2D eigenvalue weighted by atomic mass is 32.1. The summed E-state index contributed by atoms with van der Waals surface area (Å²) < 4.78 is 14.0. The van der Waals surface area contributed by atoms with Crippen molar-refractivity contribution >= 4 is 21.6 Å². The van der Waals surface area contributed by atoms with E-state index in [-0.39, 0.29) is 11.4 Å². The second kappa shape index (κ2) is 4.03. The van der Waals surface area contributed by atoms with E-state index in [1.165, 1.54) is 18.9 Å². The molecule has 1 saturated carbocycles. The molecule has 3 rings (SSSR count). The highest BCUT2D eigenvalue weighted by molar-refractivity contribution is 7.18. The highest BCUT2D eigenvalue weighted by Crippen LogP contribution is 2.33. The van der Waals surface area contributed by atoms with Crippen LogP contribution in [0.25, 0.3) is 10.2 Å². The van der Waals surface area contributed by atoms with Crippen LogP contribution in [0.5, 0.6) is 0 Å². The predicted molar refractivity (Wildman–Crippen MR) is 68.7 cm³/mol. The van der Waals surface area contributed by atoms with Gasteiger partial charge < -0.3 is 5.73 Å². The van der Waals surface area contributed by atoms with E-state index in [2.05, 4.69) is 4.98 Å². The monoisotopic (exact) mass is 250 g/mol. The number of hydrogen-bond acceptors (Lipinski definition) is 3. The van der Waals surface area contributed by atoms with Crippen molar-refractivity contribution < 1.29 is 4.39 Å². The molecule has 0 aliphatic heterocycles. The Kier molecular flexibility index (Phi) is 2.64. The Morgan fingerprint density at radius 2 is 2.12 bits per heavy atom. The number of fused-ring (bicyclic) bond motifs is 1. The number of thiazole rings is 1. The number of rotatable bonds is 2. The molecule has 2 aromatic rings. The molecule has 0 spiro atoms. The number of aromatic nitrogens is 1. The summed E-state index contributed by atoms with van der Waals surface area (Å²) in [7, 11) is 0. The van der Waals surface area contributed by atoms with E-state index in [0.29, 0.717) is 0 Å². The third kappa shape index (κ3) is 2.19. The molecule has 1 heterocycles. The zero-order valence-corrected chi connectivity index (χ0v) is 10.4. The van der Waals surface area contributed by atoms with Crippen LogP contribution < -0.4 is 5.73 Å². The van der Waals surface area contributed by atoms with Crippen LogP contribution in [-0.4, -0.2) is 10.5 Å². The molecule has 1 aromatic heterocycles. The van der Waals surface area contributed by atoms with Crippen molar-refractivity contribution in [3.8, 4) is 0 Å². The van der Waals surface area contributed by atoms with E-state index in [1.807, 2.05) is 0 Å². The second-order valence-electron chi connectivity index (χ2n) is 4.97. The largest absolute Gasteiger partial charge is 0.325 e. The second-order valence-corrected chi connectivity index (χ2v) is 6.08. The Bertz CT molecular complexity index is 543. The number of nitrogens with two attached hydrogens (primary N) is 1. The molecule has 1 aromatic carbocycles. The molecule has 17 heavy (non-hydrogen) atoms. The van der Waals surface area contributed by atoms with Crippen LogP contribution in [0.1, 0.15) is 30.7 Å². The highest BCUT2D eigenvalue weighted by Gasteiger charge is 2.30. The Labute approximate surface area is 104 Å². The van der Waals surface area contributed by atoms with Crippen LogP contribution in [0.2, 0.25) is 0 Å². The summed E-state index contributed by atoms with van der Waals surface area (Å²) in [5, 5.41) is 1.04. The molecule has 1 fully saturated rings. The van der Waals surface area contributed by atoms with Gasteiger partial charge in [-0.15, -0.1) is 11.3 Å². The minimum Gasteiger partial charge on any atom is -0.325 e. The fourth-order valence-corrected chi connectivity index (χ4v) is 3.73. The lowest BCUT2D eigenvalue weighted by atomic mass is 9.95. The lowest BCUT2D eigenvalue weighted by molar-refractivity contribution is 0.436. The maximum absolute atomic E-state index is 13.1. The van der Waals surface area contributed by atoms with E-state index >= 15 is 0 Å². The SMILES string of the molecule is NC1(Cc2nc3ccc(F)cc3s2)CCCC1. The van der Waals surface area contributed by atoms with Crippen molar-refractivity contribution in [3.63, 3.8) is 0 Å². The van der Waals surface area contributed by atoms with Gasteiger partial charge in [0.1, 0.15) is 5.82 Å². The first-order chi connectivity index (χ1) is 8.15. The maximum Gasteiger partial charge on any atom is 0.124 e. The van der Waals surface area contributed by atoms with E-state index in [1.54, 1.807) is 23.5 Å². The average molecular weight is 250 g/mol. The van der Waals surface area contributed by atoms with Gasteiger partial charge in [0.25, 0.3) is 0 Å². The summed E-state index contributed by atoms with van der Waals surface area (Å²) in [5.41, 5.74) is 7.14. The van der Waals surface area contributed by atoms with Gasteiger partial charge in [0.2, 0.25) is 0 Å². The van der Waals surface area contributed by atoms with Crippen molar-refractivity contribution in [2.24, 2.45) is 5.73 Å². The van der Waals surface area contributed by atoms with Crippen molar-refractivity contribution in [1.82, 2.24) is 4.98 Å². The Morgan fingerprint density at radius 1 is 1.35 bits per heavy atom. The van der Waals surface area contributed by atoms with Crippen LogP contribution in [-0.2, 0) is 6.42 Å². The number of hydrogen-bond donors (Lipinski definition) is 1. The Morgan fingerprint density at radius 3 is 2.88 bits per heavy atom. The van der Waals surface area contributed by atoms with Gasteiger partial charge in [0.05, 0.1) is 15.2 Å². The summed E-state index contributed by atoms with van der Waals surface area (Å²) in [6.07, 6.45) is 5.43. The Hall–Kier alpha value is -1.000. The van der Waals surface area contributed by atoms with Gasteiger partial charge in [-0.25, -0.2) is 9.37 Å². The van der Waals surface area contributed by atoms with Crippen LogP contribution in [0, 0.1) is 5.82 Å². The summed E-state index contributed by atoms with van der Waals surface area (Å²) in [4.78, 5) is 4.53. The minimum absolute atomic E-state index is 0.0770. The van der Waals surface area contributed by atoms with Crippen LogP contribution in [0.4, 0.5) is 4.39 Å². The van der Waals surface area contributed by atoms with Gasteiger partial charge in [0.15, 0.2) is 0 Å². The minimum atomic E-state index is -0.198. The summed E-state index contributed by atoms with van der Waals surface area (Å²) in [6, 6.07) is 4.75. The molecule has 0 unspecified atom stereocenters. The molecule has 0 radical (unpaired) electrons. The summed E-state index contributed by atoms with van der Waals surface area (Å²) in [6.45, 7) is 0. The number of benzene rings is 1. The van der Waals surface area contributed by atoms with E-state index in [4.69, 9.17) is 5.73 Å². The fourth-order valence-electron chi connectivity index (χ4n) is 2.58. The Balaban J connectivity index is 1.90. The van der Waals surface area contributed by atoms with Crippen molar-refractivity contribution in [1.29, 1.82) is 0 Å². The number of halogens is 1. The smallest absolute Gasteiger partial charge is 0.124 e. The molecule has 1 aliphatic rings. The first-order valence-corrected chi connectivity index (χ1v) is 6.80. The van der Waals surface area contributed by atoms with Crippen molar-refractivity contribution in [2.45, 2.75) is 37.6 Å². The van der Waals surface area contributed by atoms with Gasteiger partial charge in [-0.05, 0) is 31.0 Å². The lowest BCUT2D eigenvalue weighted by Crippen LogP contribution is -2.38. The predicted octanol–water partition coefficient (Wildman–Crippen LogP) is 3.25. The van der Waals surface area contributed by atoms with E-state index in [0.717, 1.165) is 34.5 Å². The standard InChI is InChI=1S/C13H15FN2S/c14-9-3-4-10-11(7-9)17-12(16-10)8-13(15)5-1-2-6-13/h3-4,7H,1-2,5-6,8,15H2. The van der Waals surface area contributed by atoms with Gasteiger partial charge in [-0.2, -0.15) is 0 Å². The topological polar surface area (TPSA) is 38.9 Å². The maximum atomic E-state index is 13.1. The van der Waals surface area contributed by atoms with Crippen molar-refractivity contribution in [2.75, 3.05) is 0 Å². The quantitative estimate of drug-likeness (QED) is 0.888. The molecule has 1 aliphatic carbocycles. The molecule has 0 atom stereocenters. The first kappa shape index (κ1) is 11.1. The first-order valence-electron chi connectivity index (χ1n) is 5.99. The number of nitrogens with zero attached hydrogens (tertiary/aromatic N) is 1. The molecule has 0 saturated heterocycles. The summed E-state index contributed by atoms with van der Waals surface area (Å²) >= 11 is 1.57. The molecular formula is C13H15FN2S. The molecule has 4 heteroatoms. The molecule has 0 bridgehead atoms. The normalized spacial score (nSPS) is 18.9. The van der Waals surface area contributed by atoms with Gasteiger partial charge >= 0.3 is 0 Å². The zero-order chi connectivity index (χ0) is 11.9. The molecule has 0 amide bonds. The third-order valence-electron chi connectivity index (χ3n) is 3.50. The zero-order valence-electron chi connectivity index (χ0n) is 9.58. The van der Waals surface area contributed by atoms with Gasteiger partial charge in [0, 0.05) is 12.0 Å². The van der Waals surface area contributed by atoms with Crippen LogP contribution in [0.3, 0.4) is 0 Å². The van der Waals surface area contributed by atoms with Gasteiger partial charge in [-0.3, -0.25) is 0 Å².